The maximum absolute atomic E-state index is 13.3. The average molecular weight is 293 g/mol. The fourth-order valence-corrected chi connectivity index (χ4v) is 2.02. The van der Waals surface area contributed by atoms with E-state index in [2.05, 4.69) is 0 Å². The molecule has 1 heterocycles. The Labute approximate surface area is 120 Å². The van der Waals surface area contributed by atoms with E-state index in [0.717, 1.165) is 10.3 Å². The summed E-state index contributed by atoms with van der Waals surface area (Å²) in [4.78, 5) is 26.3. The highest BCUT2D eigenvalue weighted by Gasteiger charge is 2.13. The number of halogens is 1. The number of hydrogen-bond donors (Lipinski definition) is 2. The van der Waals surface area contributed by atoms with Gasteiger partial charge in [-0.1, -0.05) is 18.2 Å². The van der Waals surface area contributed by atoms with Crippen LogP contribution in [0.1, 0.15) is 6.42 Å². The summed E-state index contributed by atoms with van der Waals surface area (Å²) in [5, 5.41) is 9.50. The van der Waals surface area contributed by atoms with Gasteiger partial charge in [0.1, 0.15) is 0 Å². The van der Waals surface area contributed by atoms with E-state index in [1.807, 2.05) is 47.3 Å². The van der Waals surface area contributed by atoms with Gasteiger partial charge in [-0.2, -0.15) is 4.39 Å². The van der Waals surface area contributed by atoms with E-state index in [1.165, 1.54) is 0 Å². The molecule has 0 saturated carbocycles. The van der Waals surface area contributed by atoms with Crippen molar-refractivity contribution in [2.24, 2.45) is 0 Å². The SMILES string of the molecule is CN(CCCn1c(O)c(F)c(=O)[nH]c1=O)c1ccccc1. The largest absolute Gasteiger partial charge is 0.492 e. The van der Waals surface area contributed by atoms with Gasteiger partial charge in [0.05, 0.1) is 0 Å². The standard InChI is InChI=1S/C14H16FN3O3/c1-17(10-6-3-2-4-7-10)8-5-9-18-13(20)11(15)12(19)16-14(18)21/h2-4,6-7,20H,5,8-9H2,1H3,(H,16,19,21). The second-order valence-electron chi connectivity index (χ2n) is 4.66. The Balaban J connectivity index is 2.03. The summed E-state index contributed by atoms with van der Waals surface area (Å²) < 4.78 is 14.1. The minimum Gasteiger partial charge on any atom is -0.492 e. The summed E-state index contributed by atoms with van der Waals surface area (Å²) in [5.41, 5.74) is -1.02. The van der Waals surface area contributed by atoms with Crippen LogP contribution in [0.15, 0.2) is 39.9 Å². The second kappa shape index (κ2) is 6.25. The third kappa shape index (κ3) is 3.31. The molecule has 2 aromatic rings. The van der Waals surface area contributed by atoms with Gasteiger partial charge in [-0.3, -0.25) is 14.3 Å². The maximum Gasteiger partial charge on any atom is 0.331 e. The van der Waals surface area contributed by atoms with Gasteiger partial charge >= 0.3 is 5.69 Å². The molecule has 2 rings (SSSR count). The number of nitrogens with zero attached hydrogens (tertiary/aromatic N) is 2. The topological polar surface area (TPSA) is 78.3 Å². The number of rotatable bonds is 5. The quantitative estimate of drug-likeness (QED) is 0.859. The first-order chi connectivity index (χ1) is 10.0. The normalized spacial score (nSPS) is 10.6. The molecule has 0 saturated heterocycles. The molecular formula is C14H16FN3O3. The van der Waals surface area contributed by atoms with Gasteiger partial charge in [0.15, 0.2) is 0 Å². The molecule has 1 aromatic heterocycles. The van der Waals surface area contributed by atoms with Crippen molar-refractivity contribution in [3.8, 4) is 5.88 Å². The van der Waals surface area contributed by atoms with Crippen LogP contribution in [0.4, 0.5) is 10.1 Å². The molecule has 0 aliphatic carbocycles. The molecular weight excluding hydrogens is 277 g/mol. The molecule has 7 heteroatoms. The van der Waals surface area contributed by atoms with Crippen molar-refractivity contribution in [2.45, 2.75) is 13.0 Å². The molecule has 0 atom stereocenters. The van der Waals surface area contributed by atoms with Crippen LogP contribution in [0.3, 0.4) is 0 Å². The lowest BCUT2D eigenvalue weighted by atomic mass is 10.3. The highest BCUT2D eigenvalue weighted by Crippen LogP contribution is 2.12. The number of nitrogens with one attached hydrogen (secondary N) is 1. The molecule has 0 fully saturated rings. The average Bonchev–Trinajstić information content (AvgIpc) is 2.49. The lowest BCUT2D eigenvalue weighted by molar-refractivity contribution is 0.358. The van der Waals surface area contributed by atoms with Crippen LogP contribution in [0, 0.1) is 5.82 Å². The first-order valence-corrected chi connectivity index (χ1v) is 6.48. The summed E-state index contributed by atoms with van der Waals surface area (Å²) in [6.07, 6.45) is 0.504. The Morgan fingerprint density at radius 2 is 1.95 bits per heavy atom. The predicted octanol–water partition coefficient (Wildman–Crippen LogP) is 0.908. The number of benzene rings is 1. The zero-order valence-electron chi connectivity index (χ0n) is 11.5. The Hall–Kier alpha value is -2.57. The molecule has 0 radical (unpaired) electrons. The number of para-hydroxylation sites is 1. The minimum atomic E-state index is -1.34. The summed E-state index contributed by atoms with van der Waals surface area (Å²) in [7, 11) is 1.89. The van der Waals surface area contributed by atoms with Gasteiger partial charge in [-0.25, -0.2) is 4.79 Å². The van der Waals surface area contributed by atoms with E-state index in [9.17, 15) is 19.1 Å². The Kier molecular flexibility index (Phi) is 4.42. The molecule has 6 nitrogen and oxygen atoms in total. The number of anilines is 1. The molecule has 0 aliphatic heterocycles. The molecule has 0 amide bonds. The highest BCUT2D eigenvalue weighted by molar-refractivity contribution is 5.44. The fourth-order valence-electron chi connectivity index (χ4n) is 2.02. The van der Waals surface area contributed by atoms with Crippen molar-refractivity contribution in [3.05, 3.63) is 57.0 Å². The molecule has 0 spiro atoms. The number of H-pyrrole nitrogens is 1. The van der Waals surface area contributed by atoms with Crippen LogP contribution in [0.25, 0.3) is 0 Å². The van der Waals surface area contributed by atoms with E-state index in [-0.39, 0.29) is 6.54 Å². The minimum absolute atomic E-state index is 0.107. The van der Waals surface area contributed by atoms with Gasteiger partial charge in [0, 0.05) is 25.8 Å². The molecule has 2 N–H and O–H groups in total. The molecule has 112 valence electrons. The Morgan fingerprint density at radius 3 is 2.62 bits per heavy atom. The van der Waals surface area contributed by atoms with Gasteiger partial charge < -0.3 is 10.0 Å². The summed E-state index contributed by atoms with van der Waals surface area (Å²) in [6.45, 7) is 0.714. The first-order valence-electron chi connectivity index (χ1n) is 6.48. The predicted molar refractivity (Wildman–Crippen MR) is 77.3 cm³/mol. The van der Waals surface area contributed by atoms with Gasteiger partial charge in [0.25, 0.3) is 5.56 Å². The molecule has 0 bridgehead atoms. The van der Waals surface area contributed by atoms with Crippen LogP contribution in [0.2, 0.25) is 0 Å². The molecule has 0 unspecified atom stereocenters. The Morgan fingerprint density at radius 1 is 1.29 bits per heavy atom. The van der Waals surface area contributed by atoms with Crippen LogP contribution in [-0.2, 0) is 6.54 Å². The van der Waals surface area contributed by atoms with E-state index < -0.39 is 22.9 Å². The van der Waals surface area contributed by atoms with Crippen molar-refractivity contribution in [1.82, 2.24) is 9.55 Å². The molecule has 0 aliphatic rings. The van der Waals surface area contributed by atoms with E-state index in [0.29, 0.717) is 13.0 Å². The zero-order chi connectivity index (χ0) is 15.4. The van der Waals surface area contributed by atoms with Gasteiger partial charge in [-0.15, -0.1) is 0 Å². The highest BCUT2D eigenvalue weighted by atomic mass is 19.1. The van der Waals surface area contributed by atoms with Crippen LogP contribution in [0.5, 0.6) is 5.88 Å². The van der Waals surface area contributed by atoms with Crippen molar-refractivity contribution >= 4 is 5.69 Å². The monoisotopic (exact) mass is 293 g/mol. The number of aromatic amines is 1. The lowest BCUT2D eigenvalue weighted by Gasteiger charge is -2.19. The summed E-state index contributed by atoms with van der Waals surface area (Å²) in [5.74, 6) is -2.27. The maximum atomic E-state index is 13.3. The first kappa shape index (κ1) is 14.8. The zero-order valence-corrected chi connectivity index (χ0v) is 11.5. The van der Waals surface area contributed by atoms with Crippen LogP contribution < -0.4 is 16.1 Å². The van der Waals surface area contributed by atoms with E-state index >= 15 is 0 Å². The van der Waals surface area contributed by atoms with Gasteiger partial charge in [0.2, 0.25) is 11.7 Å². The van der Waals surface area contributed by atoms with Crippen molar-refractivity contribution < 1.29 is 9.50 Å². The van der Waals surface area contributed by atoms with Gasteiger partial charge in [-0.05, 0) is 18.6 Å². The van der Waals surface area contributed by atoms with Crippen molar-refractivity contribution in [3.63, 3.8) is 0 Å². The van der Waals surface area contributed by atoms with Crippen LogP contribution in [-0.4, -0.2) is 28.3 Å². The van der Waals surface area contributed by atoms with E-state index in [1.54, 1.807) is 0 Å². The van der Waals surface area contributed by atoms with Crippen LogP contribution >= 0.6 is 0 Å². The second-order valence-corrected chi connectivity index (χ2v) is 4.66. The van der Waals surface area contributed by atoms with Crippen molar-refractivity contribution in [2.75, 3.05) is 18.5 Å². The smallest absolute Gasteiger partial charge is 0.331 e. The summed E-state index contributed by atoms with van der Waals surface area (Å²) >= 11 is 0. The third-order valence-electron chi connectivity index (χ3n) is 3.19. The number of aromatic nitrogens is 2. The molecule has 1 aromatic carbocycles. The number of aromatic hydroxyl groups is 1. The van der Waals surface area contributed by atoms with Crippen molar-refractivity contribution in [1.29, 1.82) is 0 Å². The lowest BCUT2D eigenvalue weighted by Crippen LogP contribution is -2.32. The fraction of sp³-hybridized carbons (Fsp3) is 0.286. The Bertz CT molecular complexity index is 724. The molecule has 21 heavy (non-hydrogen) atoms. The number of hydrogen-bond acceptors (Lipinski definition) is 4. The summed E-state index contributed by atoms with van der Waals surface area (Å²) in [6, 6.07) is 9.64. The third-order valence-corrected chi connectivity index (χ3v) is 3.19. The van der Waals surface area contributed by atoms with E-state index in [4.69, 9.17) is 0 Å².